The molecular formula is C27H33FN8O3S2. The van der Waals surface area contributed by atoms with Gasteiger partial charge in [-0.2, -0.15) is 20.2 Å². The zero-order valence-electron chi connectivity index (χ0n) is 22.7. The van der Waals surface area contributed by atoms with E-state index in [0.717, 1.165) is 43.5 Å². The summed E-state index contributed by atoms with van der Waals surface area (Å²) in [4.78, 5) is 22.1. The molecule has 0 aliphatic carbocycles. The van der Waals surface area contributed by atoms with Crippen molar-refractivity contribution in [2.24, 2.45) is 0 Å². The molecule has 218 valence electrons. The number of nitriles is 1. The Morgan fingerprint density at radius 2 is 2.07 bits per heavy atom. The van der Waals surface area contributed by atoms with E-state index in [1.165, 1.54) is 16.2 Å². The third-order valence-corrected chi connectivity index (χ3v) is 12.7. The molecule has 6 aliphatic heterocycles. The van der Waals surface area contributed by atoms with Crippen LogP contribution in [0.1, 0.15) is 48.1 Å². The number of ether oxygens (including phenoxy) is 2. The Hall–Kier alpha value is -2.44. The SMILES string of the molecule is N#Cc1c(N)sc2c1C1(CN(c3nc(OC[C@@]45CCCN4C[C@H](F)C5)nc(N4C5CCC4(CO)COC5)n3)C1)SC2. The van der Waals surface area contributed by atoms with Crippen LogP contribution in [0.15, 0.2) is 0 Å². The van der Waals surface area contributed by atoms with Gasteiger partial charge in [0.05, 0.1) is 47.3 Å². The van der Waals surface area contributed by atoms with E-state index >= 15 is 0 Å². The van der Waals surface area contributed by atoms with E-state index in [4.69, 9.17) is 30.2 Å². The van der Waals surface area contributed by atoms with E-state index in [9.17, 15) is 14.8 Å². The molecule has 0 aromatic carbocycles. The summed E-state index contributed by atoms with van der Waals surface area (Å²) >= 11 is 3.37. The molecule has 2 unspecified atom stereocenters. The predicted octanol–water partition coefficient (Wildman–Crippen LogP) is 2.03. The largest absolute Gasteiger partial charge is 0.461 e. The minimum atomic E-state index is -0.840. The number of nitrogen functional groups attached to an aromatic ring is 1. The maximum atomic E-state index is 14.4. The fraction of sp³-hybridized carbons (Fsp3) is 0.704. The monoisotopic (exact) mass is 600 g/mol. The van der Waals surface area contributed by atoms with Crippen molar-refractivity contribution in [3.8, 4) is 12.1 Å². The Balaban J connectivity index is 1.12. The Morgan fingerprint density at radius 3 is 2.90 bits per heavy atom. The average Bonchev–Trinajstić information content (AvgIpc) is 3.71. The molecule has 0 amide bonds. The summed E-state index contributed by atoms with van der Waals surface area (Å²) in [5, 5.41) is 20.8. The molecule has 2 aromatic rings. The molecule has 8 rings (SSSR count). The number of nitrogens with two attached hydrogens (primary N) is 1. The quantitative estimate of drug-likeness (QED) is 0.502. The van der Waals surface area contributed by atoms with Crippen molar-refractivity contribution < 1.29 is 19.0 Å². The minimum Gasteiger partial charge on any atom is -0.461 e. The Kier molecular flexibility index (Phi) is 5.93. The van der Waals surface area contributed by atoms with Gasteiger partial charge in [0.2, 0.25) is 11.9 Å². The summed E-state index contributed by atoms with van der Waals surface area (Å²) in [5.74, 6) is 1.85. The van der Waals surface area contributed by atoms with Crippen molar-refractivity contribution in [1.82, 2.24) is 19.9 Å². The standard InChI is InChI=1S/C27H33FN8O3S2/c28-16-6-25(3-1-5-35(25)8-16)15-39-24-32-22(31-23(33-24)36-17-2-4-26(36,13-37)14-38-9-17)34-11-27(12-34)20-18(7-29)21(30)41-19(20)10-40-27/h16-17,37H,1-6,8-15,30H2/t16-,17?,25+,26?/m1/s1. The highest BCUT2D eigenvalue weighted by Crippen LogP contribution is 2.58. The van der Waals surface area contributed by atoms with Crippen molar-refractivity contribution in [2.75, 3.05) is 68.1 Å². The maximum absolute atomic E-state index is 14.4. The topological polar surface area (TPSA) is 137 Å². The molecule has 2 aromatic heterocycles. The van der Waals surface area contributed by atoms with Crippen molar-refractivity contribution in [3.05, 3.63) is 16.0 Å². The first-order valence-corrected chi connectivity index (χ1v) is 16.1. The lowest BCUT2D eigenvalue weighted by Crippen LogP contribution is -2.59. The molecule has 6 aliphatic rings. The molecule has 0 saturated carbocycles. The number of aliphatic hydroxyl groups excluding tert-OH is 1. The van der Waals surface area contributed by atoms with Crippen LogP contribution < -0.4 is 20.3 Å². The van der Waals surface area contributed by atoms with Crippen LogP contribution in [0.3, 0.4) is 0 Å². The van der Waals surface area contributed by atoms with Crippen molar-refractivity contribution in [1.29, 1.82) is 5.26 Å². The van der Waals surface area contributed by atoms with Gasteiger partial charge in [-0.05, 0) is 32.2 Å². The highest BCUT2D eigenvalue weighted by atomic mass is 32.2. The summed E-state index contributed by atoms with van der Waals surface area (Å²) < 4.78 is 26.4. The zero-order valence-corrected chi connectivity index (χ0v) is 24.4. The van der Waals surface area contributed by atoms with Gasteiger partial charge < -0.3 is 30.1 Å². The van der Waals surface area contributed by atoms with Gasteiger partial charge in [-0.15, -0.1) is 23.1 Å². The number of hydrogen-bond donors (Lipinski definition) is 2. The van der Waals surface area contributed by atoms with Gasteiger partial charge in [-0.1, -0.05) is 0 Å². The lowest BCUT2D eigenvalue weighted by molar-refractivity contribution is 0.0262. The molecule has 41 heavy (non-hydrogen) atoms. The molecule has 3 N–H and O–H groups in total. The number of anilines is 3. The van der Waals surface area contributed by atoms with Crippen LogP contribution in [0.4, 0.5) is 21.3 Å². The van der Waals surface area contributed by atoms with E-state index < -0.39 is 11.7 Å². The van der Waals surface area contributed by atoms with E-state index in [1.54, 1.807) is 0 Å². The zero-order chi connectivity index (χ0) is 28.0. The lowest BCUT2D eigenvalue weighted by Gasteiger charge is -2.48. The molecule has 4 atom stereocenters. The van der Waals surface area contributed by atoms with E-state index in [-0.39, 0.29) is 28.9 Å². The number of hydrogen-bond acceptors (Lipinski definition) is 13. The molecule has 5 fully saturated rings. The molecule has 11 nitrogen and oxygen atoms in total. The molecule has 2 bridgehead atoms. The smallest absolute Gasteiger partial charge is 0.323 e. The summed E-state index contributed by atoms with van der Waals surface area (Å²) in [6, 6.07) is 2.62. The highest BCUT2D eigenvalue weighted by Gasteiger charge is 2.55. The van der Waals surface area contributed by atoms with Crippen LogP contribution in [0.25, 0.3) is 0 Å². The molecule has 5 saturated heterocycles. The van der Waals surface area contributed by atoms with Crippen LogP contribution in [-0.4, -0.2) is 101 Å². The van der Waals surface area contributed by atoms with Gasteiger partial charge in [0, 0.05) is 42.2 Å². The van der Waals surface area contributed by atoms with Gasteiger partial charge in [0.25, 0.3) is 0 Å². The van der Waals surface area contributed by atoms with Crippen LogP contribution in [-0.2, 0) is 15.2 Å². The first-order chi connectivity index (χ1) is 19.9. The number of morpholine rings is 1. The molecule has 1 spiro atoms. The first-order valence-electron chi connectivity index (χ1n) is 14.3. The third kappa shape index (κ3) is 3.82. The molecule has 14 heteroatoms. The summed E-state index contributed by atoms with van der Waals surface area (Å²) in [6.07, 6.45) is 3.24. The second-order valence-electron chi connectivity index (χ2n) is 12.4. The highest BCUT2D eigenvalue weighted by molar-refractivity contribution is 8.00. The van der Waals surface area contributed by atoms with E-state index in [2.05, 4.69) is 20.8 Å². The van der Waals surface area contributed by atoms with E-state index in [0.29, 0.717) is 68.3 Å². The lowest BCUT2D eigenvalue weighted by atomic mass is 9.88. The van der Waals surface area contributed by atoms with Crippen molar-refractivity contribution in [2.45, 2.75) is 65.9 Å². The molecular weight excluding hydrogens is 567 g/mol. The van der Waals surface area contributed by atoms with Gasteiger partial charge in [-0.25, -0.2) is 4.39 Å². The fourth-order valence-electron chi connectivity index (χ4n) is 8.06. The number of alkyl halides is 1. The number of thiophene rings is 1. The number of rotatable bonds is 6. The van der Waals surface area contributed by atoms with Gasteiger partial charge in [-0.3, -0.25) is 4.90 Å². The maximum Gasteiger partial charge on any atom is 0.323 e. The number of fused-ring (bicyclic) bond motifs is 5. The average molecular weight is 601 g/mol. The van der Waals surface area contributed by atoms with Crippen LogP contribution in [0.2, 0.25) is 0 Å². The fourth-order valence-corrected chi connectivity index (χ4v) is 10.9. The second-order valence-corrected chi connectivity index (χ2v) is 14.9. The molecule has 8 heterocycles. The van der Waals surface area contributed by atoms with Crippen LogP contribution in [0.5, 0.6) is 6.01 Å². The van der Waals surface area contributed by atoms with Gasteiger partial charge in [0.1, 0.15) is 23.8 Å². The summed E-state index contributed by atoms with van der Waals surface area (Å²) in [7, 11) is 0. The number of aromatic nitrogens is 3. The Bertz CT molecular complexity index is 1430. The predicted molar refractivity (Wildman–Crippen MR) is 153 cm³/mol. The summed E-state index contributed by atoms with van der Waals surface area (Å²) in [6.45, 7) is 3.89. The van der Waals surface area contributed by atoms with Crippen molar-refractivity contribution in [3.63, 3.8) is 0 Å². The molecule has 0 radical (unpaired) electrons. The third-order valence-electron chi connectivity index (χ3n) is 10.1. The van der Waals surface area contributed by atoms with Gasteiger partial charge >= 0.3 is 6.01 Å². The van der Waals surface area contributed by atoms with Crippen molar-refractivity contribution >= 4 is 40.0 Å². The Labute approximate surface area is 245 Å². The van der Waals surface area contributed by atoms with E-state index in [1.807, 2.05) is 11.8 Å². The number of aliphatic hydroxyl groups is 1. The number of nitrogens with zero attached hydrogens (tertiary/aromatic N) is 7. The second kappa shape index (κ2) is 9.28. The first kappa shape index (κ1) is 26.2. The van der Waals surface area contributed by atoms with Crippen LogP contribution in [0, 0.1) is 11.3 Å². The Morgan fingerprint density at radius 1 is 1.22 bits per heavy atom. The van der Waals surface area contributed by atoms with Gasteiger partial charge in [0.15, 0.2) is 0 Å². The number of halogens is 1. The minimum absolute atomic E-state index is 0.0561. The number of thioether (sulfide) groups is 1. The normalized spacial score (nSPS) is 33.2. The van der Waals surface area contributed by atoms with Crippen LogP contribution >= 0.6 is 23.1 Å². The summed E-state index contributed by atoms with van der Waals surface area (Å²) in [5.41, 5.74) is 6.96.